The summed E-state index contributed by atoms with van der Waals surface area (Å²) in [5, 5.41) is 16.7. The minimum atomic E-state index is -1.62. The summed E-state index contributed by atoms with van der Waals surface area (Å²) < 4.78 is 44.6. The topological polar surface area (TPSA) is 286 Å². The van der Waals surface area contributed by atoms with Crippen molar-refractivity contribution in [1.82, 2.24) is 21.0 Å². The van der Waals surface area contributed by atoms with Crippen molar-refractivity contribution >= 4 is 76.6 Å². The number of carbonyl (C=O) groups excluding carboxylic acids is 8. The number of likely N-dealkylation sites (tertiary alicyclic amines) is 1. The molecule has 4 aliphatic heterocycles. The molecule has 80 heavy (non-hydrogen) atoms. The predicted octanol–water partition coefficient (Wildman–Crippen LogP) is 4.44. The molecule has 0 spiro atoms. The molecule has 4 N–H and O–H groups in total. The standard InChI is InChI=1S/C42H57ClN4O11S.C13H25NO7/c1-9-44-33(48)13-14-47-35(50)20-31(38(47)51)59-16-15-55-27(6)39(52)57-32-21-34(49)46(8)29-19-28(18-24(3)36(29)43)17-23(2)11-10-12-25(4)42(54)22-30(56-40(53)45-42)26(5)37-41(32,7)58-37;1-3-17-6-7-19-10-11-20-9-8-18-5-4-13(16)21-14-12(2)15/h10-12,18-19,25-27,30-32,37,54H,9,13-17,20-22H2,1-8H3,(H,44,48)(H,45,53);3-11H2,1-2H3,(H,14,15)/b12-10+,23-11+;/t25-,26-,27+,30+,31?,32+,37+,41+,42+;/m1./s1. The van der Waals surface area contributed by atoms with Gasteiger partial charge in [-0.15, -0.1) is 11.8 Å². The molecule has 1 unspecified atom stereocenters. The number of hydrogen-bond acceptors (Lipinski definition) is 19. The average molecular weight is 1170 g/mol. The zero-order chi connectivity index (χ0) is 59.2. The van der Waals surface area contributed by atoms with Crippen LogP contribution in [0.3, 0.4) is 0 Å². The number of allylic oxidation sites excluding steroid dienone is 3. The lowest BCUT2D eigenvalue weighted by atomic mass is 9.82. The van der Waals surface area contributed by atoms with Crippen LogP contribution in [-0.4, -0.2) is 184 Å². The second-order valence-electron chi connectivity index (χ2n) is 20.1. The third-order valence-corrected chi connectivity index (χ3v) is 15.3. The van der Waals surface area contributed by atoms with Gasteiger partial charge in [0.05, 0.1) is 87.8 Å². The molecular weight excluding hydrogens is 1090 g/mol. The number of alkyl carbamates (subject to hydrolysis) is 1. The smallest absolute Gasteiger partial charge is 0.409 e. The highest BCUT2D eigenvalue weighted by Gasteiger charge is 2.64. The highest BCUT2D eigenvalue weighted by molar-refractivity contribution is 8.00. The maximum Gasteiger partial charge on any atom is 0.409 e. The van der Waals surface area contributed by atoms with E-state index in [0.29, 0.717) is 75.7 Å². The zero-order valence-electron chi connectivity index (χ0n) is 47.7. The number of esters is 1. The first-order chi connectivity index (χ1) is 37.9. The highest BCUT2D eigenvalue weighted by atomic mass is 35.5. The van der Waals surface area contributed by atoms with Crippen LogP contribution < -0.4 is 21.0 Å². The molecule has 0 radical (unpaired) electrons. The predicted molar refractivity (Wildman–Crippen MR) is 295 cm³/mol. The number of thioether (sulfide) groups is 1. The Balaban J connectivity index is 0.000000554. The monoisotopic (exact) mass is 1170 g/mol. The Morgan fingerprint density at radius 2 is 1.60 bits per heavy atom. The van der Waals surface area contributed by atoms with E-state index in [2.05, 4.69) is 15.5 Å². The quantitative estimate of drug-likeness (QED) is 0.0278. The molecule has 4 aliphatic rings. The maximum absolute atomic E-state index is 14.1. The van der Waals surface area contributed by atoms with Crippen LogP contribution in [0.2, 0.25) is 5.02 Å². The summed E-state index contributed by atoms with van der Waals surface area (Å²) >= 11 is 8.01. The Morgan fingerprint density at radius 1 is 0.938 bits per heavy atom. The number of carbonyl (C=O) groups is 8. The molecule has 0 aromatic heterocycles. The van der Waals surface area contributed by atoms with Gasteiger partial charge in [-0.1, -0.05) is 55.3 Å². The van der Waals surface area contributed by atoms with Crippen molar-refractivity contribution in [1.29, 1.82) is 0 Å². The van der Waals surface area contributed by atoms with E-state index in [1.165, 1.54) is 30.5 Å². The molecule has 1 aromatic carbocycles. The van der Waals surface area contributed by atoms with Gasteiger partial charge in [0, 0.05) is 70.5 Å². The third-order valence-electron chi connectivity index (χ3n) is 13.7. The first-order valence-electron chi connectivity index (χ1n) is 27.0. The fourth-order valence-electron chi connectivity index (χ4n) is 8.92. The molecule has 448 valence electrons. The number of fused-ring (bicyclic) bond motifs is 5. The summed E-state index contributed by atoms with van der Waals surface area (Å²) in [6.07, 6.45) is 1.67. The average Bonchev–Trinajstić information content (AvgIpc) is 4.03. The van der Waals surface area contributed by atoms with E-state index in [-0.39, 0.29) is 69.6 Å². The molecule has 5 rings (SSSR count). The number of nitrogens with zero attached hydrogens (tertiary/aromatic N) is 2. The van der Waals surface area contributed by atoms with E-state index in [1.54, 1.807) is 20.9 Å². The number of aliphatic hydroxyl groups is 1. The van der Waals surface area contributed by atoms with Crippen molar-refractivity contribution in [2.75, 3.05) is 90.3 Å². The number of benzene rings is 1. The Morgan fingerprint density at radius 3 is 2.25 bits per heavy atom. The van der Waals surface area contributed by atoms with Gasteiger partial charge >= 0.3 is 18.0 Å². The number of hydroxylamine groups is 1. The van der Waals surface area contributed by atoms with E-state index in [4.69, 9.17) is 49.5 Å². The summed E-state index contributed by atoms with van der Waals surface area (Å²) in [5.41, 5.74) is 2.34. The Labute approximate surface area is 478 Å². The summed E-state index contributed by atoms with van der Waals surface area (Å²) in [6.45, 7) is 20.1. The second-order valence-corrected chi connectivity index (χ2v) is 21.7. The molecule has 25 heteroatoms. The lowest BCUT2D eigenvalue weighted by Gasteiger charge is -2.41. The molecule has 3 fully saturated rings. The van der Waals surface area contributed by atoms with Gasteiger partial charge in [-0.2, -0.15) is 5.48 Å². The van der Waals surface area contributed by atoms with Crippen LogP contribution in [0, 0.1) is 18.8 Å². The number of aryl methyl sites for hydroxylation is 1. The van der Waals surface area contributed by atoms with Crippen LogP contribution in [0.5, 0.6) is 0 Å². The fraction of sp³-hybridized carbons (Fsp3) is 0.673. The molecule has 1 aromatic rings. The van der Waals surface area contributed by atoms with Gasteiger partial charge in [-0.25, -0.2) is 14.4 Å². The summed E-state index contributed by atoms with van der Waals surface area (Å²) in [7, 11) is 1.61. The minimum Gasteiger partial charge on any atom is -0.457 e. The molecule has 0 saturated carbocycles. The van der Waals surface area contributed by atoms with Crippen LogP contribution in [0.15, 0.2) is 35.9 Å². The lowest BCUT2D eigenvalue weighted by molar-refractivity contribution is -0.165. The molecule has 6 amide bonds. The largest absolute Gasteiger partial charge is 0.457 e. The van der Waals surface area contributed by atoms with E-state index in [9.17, 15) is 43.5 Å². The number of amides is 6. The second kappa shape index (κ2) is 33.1. The first-order valence-corrected chi connectivity index (χ1v) is 28.5. The number of nitrogens with one attached hydrogen (secondary N) is 3. The van der Waals surface area contributed by atoms with Gasteiger partial charge in [-0.05, 0) is 65.2 Å². The van der Waals surface area contributed by atoms with Gasteiger partial charge in [0.25, 0.3) is 0 Å². The van der Waals surface area contributed by atoms with Gasteiger partial charge < -0.3 is 58.1 Å². The molecule has 0 aliphatic carbocycles. The van der Waals surface area contributed by atoms with Crippen molar-refractivity contribution < 1.29 is 86.2 Å². The Hall–Kier alpha value is -5.18. The first kappa shape index (κ1) is 67.3. The minimum absolute atomic E-state index is 0.0104. The van der Waals surface area contributed by atoms with E-state index in [0.717, 1.165) is 21.6 Å². The number of rotatable bonds is 24. The number of epoxide rings is 1. The van der Waals surface area contributed by atoms with Crippen molar-refractivity contribution in [3.05, 3.63) is 52.1 Å². The van der Waals surface area contributed by atoms with Crippen molar-refractivity contribution in [3.8, 4) is 0 Å². The molecule has 23 nitrogen and oxygen atoms in total. The van der Waals surface area contributed by atoms with Crippen LogP contribution in [0.1, 0.15) is 98.6 Å². The van der Waals surface area contributed by atoms with Crippen molar-refractivity contribution in [2.24, 2.45) is 11.8 Å². The lowest BCUT2D eigenvalue weighted by Crippen LogP contribution is -2.60. The third kappa shape index (κ3) is 21.0. The fourth-order valence-corrected chi connectivity index (χ4v) is 10.2. The Kier molecular flexibility index (Phi) is 27.8. The number of halogens is 1. The number of hydrogen-bond donors (Lipinski definition) is 4. The van der Waals surface area contributed by atoms with Crippen molar-refractivity contribution in [3.63, 3.8) is 0 Å². The normalized spacial score (nSPS) is 26.3. The van der Waals surface area contributed by atoms with Gasteiger partial charge in [0.15, 0.2) is 6.10 Å². The molecule has 4 bridgehead atoms. The van der Waals surface area contributed by atoms with Crippen LogP contribution in [0.4, 0.5) is 10.5 Å². The number of anilines is 1. The van der Waals surface area contributed by atoms with Crippen LogP contribution >= 0.6 is 23.4 Å². The Bertz CT molecular complexity index is 2360. The van der Waals surface area contributed by atoms with Crippen LogP contribution in [-0.2, 0) is 82.7 Å². The maximum atomic E-state index is 14.1. The van der Waals surface area contributed by atoms with Crippen molar-refractivity contribution in [2.45, 2.75) is 142 Å². The molecule has 3 saturated heterocycles. The summed E-state index contributed by atoms with van der Waals surface area (Å²) in [6, 6.07) is 3.82. The highest BCUT2D eigenvalue weighted by Crippen LogP contribution is 2.49. The molecular formula is C55H82ClN5O18S. The number of ether oxygens (including phenoxy) is 8. The van der Waals surface area contributed by atoms with E-state index >= 15 is 0 Å². The van der Waals surface area contributed by atoms with Gasteiger partial charge in [-0.3, -0.25) is 34.2 Å². The molecule has 9 atom stereocenters. The summed E-state index contributed by atoms with van der Waals surface area (Å²) in [5.74, 6) is -3.74. The number of imide groups is 1. The van der Waals surface area contributed by atoms with E-state index < -0.39 is 82.7 Å². The van der Waals surface area contributed by atoms with Gasteiger partial charge in [0.2, 0.25) is 29.5 Å². The summed E-state index contributed by atoms with van der Waals surface area (Å²) in [4.78, 5) is 106. The van der Waals surface area contributed by atoms with Crippen LogP contribution in [0.25, 0.3) is 0 Å². The van der Waals surface area contributed by atoms with E-state index in [1.807, 2.05) is 70.5 Å². The van der Waals surface area contributed by atoms with Gasteiger partial charge in [0.1, 0.15) is 23.5 Å². The molecule has 4 heterocycles. The SMILES string of the molecule is CCNC(=O)CCN1C(=O)CC(SCCO[C@@H](C)C(=O)O[C@H]2CC(=O)N(C)c3cc(cc(C)c3Cl)C/C(C)=C/C=C/[C@@H](C)[C@@]3(O)C[C@H](OC(=O)N3)[C@@H](C)[C@@H]3O[C@@]23C)C1=O.CCOCCOCCOCCOCCC(=O)ONC(C)=O. The zero-order valence-corrected chi connectivity index (χ0v) is 49.3.